The summed E-state index contributed by atoms with van der Waals surface area (Å²) in [5, 5.41) is 54.3. The standard InChI is InChI=1S/C27H42O7/c1-23(2,32)9-8-22(31)26(5,33)21-7-11-27(34)16-12-18(28)17-13-19(29)20(30)14-24(17,3)15(16)6-10-25(21,27)4/h12,15,17,19-21,29-30,32-34H,6-11,13-14H2,1-5H3/t15-,17-,19?,20?,21-,24-,25-,26+,27+/m0/s1. The van der Waals surface area contributed by atoms with Crippen LogP contribution in [0.25, 0.3) is 0 Å². The highest BCUT2D eigenvalue weighted by molar-refractivity contribution is 5.95. The summed E-state index contributed by atoms with van der Waals surface area (Å²) in [6.45, 7) is 8.72. The first kappa shape index (κ1) is 26.0. The van der Waals surface area contributed by atoms with Crippen molar-refractivity contribution in [1.82, 2.24) is 0 Å². The van der Waals surface area contributed by atoms with E-state index in [2.05, 4.69) is 0 Å². The Hall–Kier alpha value is -1.12. The van der Waals surface area contributed by atoms with Crippen molar-refractivity contribution in [1.29, 1.82) is 0 Å². The maximum atomic E-state index is 13.2. The van der Waals surface area contributed by atoms with Gasteiger partial charge in [-0.1, -0.05) is 13.8 Å². The van der Waals surface area contributed by atoms with Crippen molar-refractivity contribution in [2.24, 2.45) is 28.6 Å². The molecule has 0 aliphatic heterocycles. The van der Waals surface area contributed by atoms with E-state index in [1.807, 2.05) is 13.8 Å². The quantitative estimate of drug-likeness (QED) is 0.408. The lowest BCUT2D eigenvalue weighted by molar-refractivity contribution is -0.167. The largest absolute Gasteiger partial charge is 0.390 e. The molecule has 4 aliphatic rings. The maximum Gasteiger partial charge on any atom is 0.164 e. The number of carbonyl (C=O) groups excluding carboxylic acids is 2. The van der Waals surface area contributed by atoms with E-state index in [0.29, 0.717) is 37.7 Å². The van der Waals surface area contributed by atoms with Gasteiger partial charge >= 0.3 is 0 Å². The number of Topliss-reactive ketones (excluding diaryl/α,β-unsaturated/α-hetero) is 1. The Labute approximate surface area is 202 Å². The van der Waals surface area contributed by atoms with E-state index in [-0.39, 0.29) is 36.7 Å². The van der Waals surface area contributed by atoms with Gasteiger partial charge in [0, 0.05) is 23.7 Å². The van der Waals surface area contributed by atoms with Crippen LogP contribution in [0.2, 0.25) is 0 Å². The van der Waals surface area contributed by atoms with Gasteiger partial charge in [0.15, 0.2) is 11.6 Å². The van der Waals surface area contributed by atoms with Crippen molar-refractivity contribution in [2.45, 2.75) is 115 Å². The topological polar surface area (TPSA) is 135 Å². The van der Waals surface area contributed by atoms with Crippen molar-refractivity contribution in [3.05, 3.63) is 11.6 Å². The average molecular weight is 479 g/mol. The van der Waals surface area contributed by atoms with Crippen LogP contribution in [0.1, 0.15) is 86.0 Å². The van der Waals surface area contributed by atoms with Crippen molar-refractivity contribution in [2.75, 3.05) is 0 Å². The van der Waals surface area contributed by atoms with E-state index < -0.39 is 51.7 Å². The van der Waals surface area contributed by atoms with Gasteiger partial charge in [0.25, 0.3) is 0 Å². The minimum absolute atomic E-state index is 0.0469. The van der Waals surface area contributed by atoms with Crippen LogP contribution >= 0.6 is 0 Å². The van der Waals surface area contributed by atoms with Crippen molar-refractivity contribution in [3.8, 4) is 0 Å². The van der Waals surface area contributed by atoms with E-state index >= 15 is 0 Å². The first-order valence-corrected chi connectivity index (χ1v) is 12.8. The number of carbonyl (C=O) groups is 2. The third kappa shape index (κ3) is 3.65. The van der Waals surface area contributed by atoms with Crippen LogP contribution in [0.15, 0.2) is 11.6 Å². The van der Waals surface area contributed by atoms with Crippen molar-refractivity contribution in [3.63, 3.8) is 0 Å². The summed E-state index contributed by atoms with van der Waals surface area (Å²) in [7, 11) is 0. The number of fused-ring (bicyclic) bond motifs is 5. The highest BCUT2D eigenvalue weighted by Crippen LogP contribution is 2.68. The molecule has 3 saturated carbocycles. The predicted molar refractivity (Wildman–Crippen MR) is 126 cm³/mol. The molecule has 0 aromatic heterocycles. The second-order valence-electron chi connectivity index (χ2n) is 13.0. The molecular weight excluding hydrogens is 436 g/mol. The zero-order valence-corrected chi connectivity index (χ0v) is 21.2. The number of hydrogen-bond donors (Lipinski definition) is 5. The van der Waals surface area contributed by atoms with Gasteiger partial charge in [0.05, 0.1) is 23.4 Å². The van der Waals surface area contributed by atoms with Gasteiger partial charge in [0.1, 0.15) is 5.60 Å². The Bertz CT molecular complexity index is 901. The lowest BCUT2D eigenvalue weighted by Gasteiger charge is -2.60. The van der Waals surface area contributed by atoms with Gasteiger partial charge in [-0.05, 0) is 88.7 Å². The van der Waals surface area contributed by atoms with Crippen LogP contribution < -0.4 is 0 Å². The van der Waals surface area contributed by atoms with Gasteiger partial charge in [-0.2, -0.15) is 0 Å². The molecule has 0 amide bonds. The van der Waals surface area contributed by atoms with Gasteiger partial charge in [-0.15, -0.1) is 0 Å². The summed E-state index contributed by atoms with van der Waals surface area (Å²) >= 11 is 0. The second-order valence-corrected chi connectivity index (χ2v) is 13.0. The number of aliphatic hydroxyl groups excluding tert-OH is 2. The second kappa shape index (κ2) is 7.94. The Morgan fingerprint density at radius 1 is 1.06 bits per heavy atom. The van der Waals surface area contributed by atoms with Gasteiger partial charge < -0.3 is 25.5 Å². The summed E-state index contributed by atoms with van der Waals surface area (Å²) in [6, 6.07) is 0. The van der Waals surface area contributed by atoms with Crippen LogP contribution in [0.3, 0.4) is 0 Å². The molecule has 0 radical (unpaired) electrons. The van der Waals surface area contributed by atoms with E-state index in [9.17, 15) is 35.1 Å². The summed E-state index contributed by atoms with van der Waals surface area (Å²) < 4.78 is 0. The van der Waals surface area contributed by atoms with E-state index in [1.165, 1.54) is 6.92 Å². The molecule has 192 valence electrons. The van der Waals surface area contributed by atoms with Crippen LogP contribution in [0.4, 0.5) is 0 Å². The number of aliphatic hydroxyl groups is 5. The van der Waals surface area contributed by atoms with E-state index in [1.54, 1.807) is 19.9 Å². The molecule has 0 heterocycles. The molecule has 7 heteroatoms. The normalized spacial score (nSPS) is 46.1. The third-order valence-electron chi connectivity index (χ3n) is 10.3. The number of rotatable bonds is 5. The first-order chi connectivity index (χ1) is 15.5. The molecule has 4 rings (SSSR count). The first-order valence-electron chi connectivity index (χ1n) is 12.8. The molecule has 7 nitrogen and oxygen atoms in total. The zero-order chi connectivity index (χ0) is 25.5. The van der Waals surface area contributed by atoms with Crippen LogP contribution in [0.5, 0.6) is 0 Å². The fraction of sp³-hybridized carbons (Fsp3) is 0.852. The molecule has 34 heavy (non-hydrogen) atoms. The highest BCUT2D eigenvalue weighted by atomic mass is 16.3. The molecule has 3 fully saturated rings. The molecule has 0 aromatic rings. The van der Waals surface area contributed by atoms with Crippen molar-refractivity contribution >= 4 is 11.6 Å². The molecule has 0 bridgehead atoms. The molecule has 0 aromatic carbocycles. The van der Waals surface area contributed by atoms with Crippen molar-refractivity contribution < 1.29 is 35.1 Å². The maximum absolute atomic E-state index is 13.2. The molecular formula is C27H42O7. The van der Waals surface area contributed by atoms with Crippen LogP contribution in [-0.2, 0) is 9.59 Å². The Balaban J connectivity index is 1.67. The molecule has 2 unspecified atom stereocenters. The summed E-state index contributed by atoms with van der Waals surface area (Å²) in [4.78, 5) is 26.3. The van der Waals surface area contributed by atoms with Gasteiger partial charge in [0.2, 0.25) is 0 Å². The number of ketones is 2. The van der Waals surface area contributed by atoms with Gasteiger partial charge in [-0.25, -0.2) is 0 Å². The van der Waals surface area contributed by atoms with Crippen LogP contribution in [0, 0.1) is 28.6 Å². The zero-order valence-electron chi connectivity index (χ0n) is 21.2. The van der Waals surface area contributed by atoms with Crippen LogP contribution in [-0.4, -0.2) is 66.1 Å². The highest BCUT2D eigenvalue weighted by Gasteiger charge is 2.69. The summed E-state index contributed by atoms with van der Waals surface area (Å²) in [5.74, 6) is -1.44. The summed E-state index contributed by atoms with van der Waals surface area (Å²) in [5.41, 5.74) is -4.67. The number of allylic oxidation sites excluding steroid dienone is 1. The lowest BCUT2D eigenvalue weighted by Crippen LogP contribution is -2.62. The Morgan fingerprint density at radius 3 is 2.32 bits per heavy atom. The summed E-state index contributed by atoms with van der Waals surface area (Å²) in [6.07, 6.45) is 2.63. The Kier molecular flexibility index (Phi) is 6.06. The Morgan fingerprint density at radius 2 is 1.71 bits per heavy atom. The fourth-order valence-electron chi connectivity index (χ4n) is 8.14. The third-order valence-corrected chi connectivity index (χ3v) is 10.3. The minimum Gasteiger partial charge on any atom is -0.390 e. The van der Waals surface area contributed by atoms with E-state index in [0.717, 1.165) is 0 Å². The lowest BCUT2D eigenvalue weighted by atomic mass is 9.45. The van der Waals surface area contributed by atoms with Gasteiger partial charge in [-0.3, -0.25) is 9.59 Å². The predicted octanol–water partition coefficient (Wildman–Crippen LogP) is 2.06. The molecule has 0 saturated heterocycles. The smallest absolute Gasteiger partial charge is 0.164 e. The molecule has 4 aliphatic carbocycles. The minimum atomic E-state index is -1.66. The molecule has 5 N–H and O–H groups in total. The molecule has 9 atom stereocenters. The molecule has 0 spiro atoms. The average Bonchev–Trinajstić information content (AvgIpc) is 3.00. The fourth-order valence-corrected chi connectivity index (χ4v) is 8.14. The number of hydrogen-bond acceptors (Lipinski definition) is 7. The SMILES string of the molecule is CC(C)(O)CCC(=O)[C@](C)(O)[C@H]1CC[C@@]2(O)C3=CC(=O)[C@@H]4CC(O)C(O)C[C@@]4(C)[C@H]3CC[C@@]12C. The monoisotopic (exact) mass is 478 g/mol. The van der Waals surface area contributed by atoms with E-state index in [4.69, 9.17) is 0 Å².